The van der Waals surface area contributed by atoms with Crippen molar-refractivity contribution in [3.05, 3.63) is 0 Å². The molecular formula is C11H20N2O2. The Morgan fingerprint density at radius 2 is 2.07 bits per heavy atom. The summed E-state index contributed by atoms with van der Waals surface area (Å²) in [5, 5.41) is 0. The fraction of sp³-hybridized carbons (Fsp3) is 0.909. The van der Waals surface area contributed by atoms with E-state index in [1.165, 1.54) is 0 Å². The van der Waals surface area contributed by atoms with Crippen LogP contribution in [0.15, 0.2) is 0 Å². The second-order valence-corrected chi connectivity index (χ2v) is 5.11. The van der Waals surface area contributed by atoms with Gasteiger partial charge in [-0.3, -0.25) is 0 Å². The highest BCUT2D eigenvalue weighted by Gasteiger charge is 2.47. The molecule has 0 bridgehead atoms. The van der Waals surface area contributed by atoms with E-state index in [1.807, 2.05) is 18.7 Å². The molecule has 0 unspecified atom stereocenters. The standard InChI is InChI=1S/C11H20N2O2/c1-8(2)13-7-11(15-10(13)14)5-3-9(12)4-6-11/h8-9H,3-7,12H2,1-2H3. The minimum Gasteiger partial charge on any atom is -0.441 e. The highest BCUT2D eigenvalue weighted by molar-refractivity contribution is 5.71. The first-order chi connectivity index (χ1) is 7.02. The van der Waals surface area contributed by atoms with Crippen molar-refractivity contribution in [2.75, 3.05) is 6.54 Å². The summed E-state index contributed by atoms with van der Waals surface area (Å²) >= 11 is 0. The van der Waals surface area contributed by atoms with Gasteiger partial charge in [0.25, 0.3) is 0 Å². The van der Waals surface area contributed by atoms with Crippen LogP contribution in [0, 0.1) is 0 Å². The van der Waals surface area contributed by atoms with E-state index in [9.17, 15) is 4.79 Å². The van der Waals surface area contributed by atoms with E-state index >= 15 is 0 Å². The van der Waals surface area contributed by atoms with E-state index in [-0.39, 0.29) is 17.7 Å². The monoisotopic (exact) mass is 212 g/mol. The maximum atomic E-state index is 11.6. The molecule has 0 atom stereocenters. The van der Waals surface area contributed by atoms with Crippen LogP contribution in [0.25, 0.3) is 0 Å². The molecule has 86 valence electrons. The number of carbonyl (C=O) groups excluding carboxylic acids is 1. The van der Waals surface area contributed by atoms with Crippen LogP contribution in [0.3, 0.4) is 0 Å². The van der Waals surface area contributed by atoms with Crippen LogP contribution in [0.2, 0.25) is 0 Å². The summed E-state index contributed by atoms with van der Waals surface area (Å²) in [4.78, 5) is 13.5. The van der Waals surface area contributed by atoms with Crippen molar-refractivity contribution in [2.45, 2.75) is 57.2 Å². The third-order valence-electron chi connectivity index (χ3n) is 3.56. The SMILES string of the molecule is CC(C)N1CC2(CCC(N)CC2)OC1=O. The lowest BCUT2D eigenvalue weighted by Crippen LogP contribution is -2.42. The Hall–Kier alpha value is -0.770. The molecule has 1 saturated heterocycles. The smallest absolute Gasteiger partial charge is 0.410 e. The summed E-state index contributed by atoms with van der Waals surface area (Å²) in [6.07, 6.45) is 3.63. The number of nitrogens with zero attached hydrogens (tertiary/aromatic N) is 1. The van der Waals surface area contributed by atoms with Gasteiger partial charge < -0.3 is 15.4 Å². The summed E-state index contributed by atoms with van der Waals surface area (Å²) in [5.41, 5.74) is 5.64. The zero-order valence-corrected chi connectivity index (χ0v) is 9.53. The highest BCUT2D eigenvalue weighted by Crippen LogP contribution is 2.37. The molecule has 4 heteroatoms. The van der Waals surface area contributed by atoms with Gasteiger partial charge >= 0.3 is 6.09 Å². The van der Waals surface area contributed by atoms with Crippen molar-refractivity contribution >= 4 is 6.09 Å². The van der Waals surface area contributed by atoms with Gasteiger partial charge in [0.05, 0.1) is 6.54 Å². The lowest BCUT2D eigenvalue weighted by Gasteiger charge is -2.33. The molecule has 0 aromatic heterocycles. The number of hydrogen-bond donors (Lipinski definition) is 1. The van der Waals surface area contributed by atoms with Gasteiger partial charge in [-0.05, 0) is 39.5 Å². The van der Waals surface area contributed by atoms with Crippen LogP contribution in [-0.2, 0) is 4.74 Å². The lowest BCUT2D eigenvalue weighted by atomic mass is 9.82. The fourth-order valence-electron chi connectivity index (χ4n) is 2.47. The highest BCUT2D eigenvalue weighted by atomic mass is 16.6. The third-order valence-corrected chi connectivity index (χ3v) is 3.56. The molecule has 2 fully saturated rings. The number of carbonyl (C=O) groups is 1. The number of hydrogen-bond acceptors (Lipinski definition) is 3. The average molecular weight is 212 g/mol. The van der Waals surface area contributed by atoms with Crippen LogP contribution in [0.5, 0.6) is 0 Å². The van der Waals surface area contributed by atoms with Gasteiger partial charge in [0.2, 0.25) is 0 Å². The maximum absolute atomic E-state index is 11.6. The average Bonchev–Trinajstić information content (AvgIpc) is 2.50. The van der Waals surface area contributed by atoms with Crippen LogP contribution in [0.1, 0.15) is 39.5 Å². The van der Waals surface area contributed by atoms with Gasteiger partial charge in [-0.15, -0.1) is 0 Å². The molecule has 0 aromatic carbocycles. The first kappa shape index (κ1) is 10.7. The van der Waals surface area contributed by atoms with Gasteiger partial charge in [-0.1, -0.05) is 0 Å². The number of ether oxygens (including phenoxy) is 1. The van der Waals surface area contributed by atoms with Crippen LogP contribution in [0.4, 0.5) is 4.79 Å². The molecule has 1 aliphatic carbocycles. The number of nitrogens with two attached hydrogens (primary N) is 1. The molecule has 1 spiro atoms. The molecule has 2 aliphatic rings. The summed E-state index contributed by atoms with van der Waals surface area (Å²) in [7, 11) is 0. The van der Waals surface area contributed by atoms with E-state index in [4.69, 9.17) is 10.5 Å². The molecule has 0 aromatic rings. The summed E-state index contributed by atoms with van der Waals surface area (Å²) in [6, 6.07) is 0.523. The zero-order valence-electron chi connectivity index (χ0n) is 9.53. The Morgan fingerprint density at radius 1 is 1.47 bits per heavy atom. The third kappa shape index (κ3) is 1.95. The minimum atomic E-state index is -0.225. The van der Waals surface area contributed by atoms with E-state index in [1.54, 1.807) is 0 Å². The van der Waals surface area contributed by atoms with Gasteiger partial charge in [-0.2, -0.15) is 0 Å². The molecular weight excluding hydrogens is 192 g/mol. The molecule has 1 aliphatic heterocycles. The predicted molar refractivity (Wildman–Crippen MR) is 57.5 cm³/mol. The van der Waals surface area contributed by atoms with Crippen LogP contribution >= 0.6 is 0 Å². The normalized spacial score (nSPS) is 36.4. The van der Waals surface area contributed by atoms with E-state index in [0.717, 1.165) is 32.2 Å². The van der Waals surface area contributed by atoms with Crippen molar-refractivity contribution in [1.29, 1.82) is 0 Å². The Balaban J connectivity index is 2.04. The number of rotatable bonds is 1. The van der Waals surface area contributed by atoms with Gasteiger partial charge in [-0.25, -0.2) is 4.79 Å². The van der Waals surface area contributed by atoms with Crippen LogP contribution < -0.4 is 5.73 Å². The Labute approximate surface area is 90.8 Å². The van der Waals surface area contributed by atoms with E-state index in [2.05, 4.69) is 0 Å². The number of amides is 1. The first-order valence-electron chi connectivity index (χ1n) is 5.78. The molecule has 15 heavy (non-hydrogen) atoms. The molecule has 2 rings (SSSR count). The van der Waals surface area contributed by atoms with Gasteiger partial charge in [0.15, 0.2) is 0 Å². The largest absolute Gasteiger partial charge is 0.441 e. The quantitative estimate of drug-likeness (QED) is 0.716. The van der Waals surface area contributed by atoms with Gasteiger partial charge in [0, 0.05) is 12.1 Å². The van der Waals surface area contributed by atoms with Gasteiger partial charge in [0.1, 0.15) is 5.60 Å². The maximum Gasteiger partial charge on any atom is 0.410 e. The molecule has 2 N–H and O–H groups in total. The summed E-state index contributed by atoms with van der Waals surface area (Å²) in [5.74, 6) is 0. The Morgan fingerprint density at radius 3 is 2.53 bits per heavy atom. The molecule has 0 radical (unpaired) electrons. The van der Waals surface area contributed by atoms with Crippen molar-refractivity contribution in [1.82, 2.24) is 4.90 Å². The second kappa shape index (κ2) is 3.67. The lowest BCUT2D eigenvalue weighted by molar-refractivity contribution is 0.0219. The predicted octanol–water partition coefficient (Wildman–Crippen LogP) is 1.49. The molecule has 1 saturated carbocycles. The van der Waals surface area contributed by atoms with E-state index in [0.29, 0.717) is 6.04 Å². The van der Waals surface area contributed by atoms with Crippen LogP contribution in [-0.4, -0.2) is 35.2 Å². The minimum absolute atomic E-state index is 0.152. The second-order valence-electron chi connectivity index (χ2n) is 5.11. The zero-order chi connectivity index (χ0) is 11.1. The van der Waals surface area contributed by atoms with E-state index < -0.39 is 0 Å². The summed E-state index contributed by atoms with van der Waals surface area (Å²) in [6.45, 7) is 4.79. The Kier molecular flexibility index (Phi) is 2.63. The first-order valence-corrected chi connectivity index (χ1v) is 5.78. The van der Waals surface area contributed by atoms with Crippen molar-refractivity contribution in [3.8, 4) is 0 Å². The fourth-order valence-corrected chi connectivity index (χ4v) is 2.47. The Bertz CT molecular complexity index is 257. The van der Waals surface area contributed by atoms with Crippen molar-refractivity contribution in [2.24, 2.45) is 5.73 Å². The van der Waals surface area contributed by atoms with Crippen molar-refractivity contribution in [3.63, 3.8) is 0 Å². The summed E-state index contributed by atoms with van der Waals surface area (Å²) < 4.78 is 5.54. The molecule has 1 amide bonds. The molecule has 1 heterocycles. The topological polar surface area (TPSA) is 55.6 Å². The molecule has 4 nitrogen and oxygen atoms in total. The van der Waals surface area contributed by atoms with Crippen molar-refractivity contribution < 1.29 is 9.53 Å².